The first-order valence-corrected chi connectivity index (χ1v) is 7.30. The molecule has 0 heterocycles. The topological polar surface area (TPSA) is 41.9 Å². The van der Waals surface area contributed by atoms with E-state index in [2.05, 4.69) is 11.0 Å². The summed E-state index contributed by atoms with van der Waals surface area (Å²) in [6.45, 7) is 3.27. The van der Waals surface area contributed by atoms with Crippen molar-refractivity contribution in [1.29, 1.82) is 0 Å². The Balaban J connectivity index is 2.16. The summed E-state index contributed by atoms with van der Waals surface area (Å²) < 4.78 is 10.5. The predicted octanol–water partition coefficient (Wildman–Crippen LogP) is 2.36. The quantitative estimate of drug-likeness (QED) is 0.832. The molecule has 1 aromatic carbocycles. The van der Waals surface area contributed by atoms with Crippen molar-refractivity contribution in [3.63, 3.8) is 0 Å². The molecule has 2 rings (SSSR count). The minimum Gasteiger partial charge on any atom is -0.508 e. The molecular formula is C16H25NO3. The van der Waals surface area contributed by atoms with Crippen molar-refractivity contribution in [2.24, 2.45) is 0 Å². The number of hydrogen-bond donors (Lipinski definition) is 1. The molecule has 1 aromatic rings. The Labute approximate surface area is 121 Å². The lowest BCUT2D eigenvalue weighted by Crippen LogP contribution is -2.36. The highest BCUT2D eigenvalue weighted by Gasteiger charge is 2.25. The summed E-state index contributed by atoms with van der Waals surface area (Å²) in [5.74, 6) is 0.365. The molecule has 0 saturated carbocycles. The van der Waals surface area contributed by atoms with Gasteiger partial charge < -0.3 is 14.6 Å². The number of fused-ring (bicyclic) bond motifs is 1. The number of rotatable bonds is 7. The molecule has 1 aliphatic carbocycles. The molecule has 0 amide bonds. The van der Waals surface area contributed by atoms with Gasteiger partial charge in [0.2, 0.25) is 0 Å². The van der Waals surface area contributed by atoms with E-state index in [1.165, 1.54) is 11.1 Å². The van der Waals surface area contributed by atoms with Crippen LogP contribution in [-0.4, -0.2) is 50.5 Å². The summed E-state index contributed by atoms with van der Waals surface area (Å²) >= 11 is 0. The summed E-state index contributed by atoms with van der Waals surface area (Å²) in [5.41, 5.74) is 2.63. The molecule has 0 fully saturated rings. The van der Waals surface area contributed by atoms with Crippen LogP contribution in [0.15, 0.2) is 18.2 Å². The third-order valence-corrected chi connectivity index (χ3v) is 4.02. The number of nitrogens with zero attached hydrogens (tertiary/aromatic N) is 1. The zero-order chi connectivity index (χ0) is 14.4. The van der Waals surface area contributed by atoms with Gasteiger partial charge in [-0.25, -0.2) is 0 Å². The van der Waals surface area contributed by atoms with Gasteiger partial charge in [-0.15, -0.1) is 0 Å². The molecule has 112 valence electrons. The van der Waals surface area contributed by atoms with Crippen LogP contribution in [0, 0.1) is 0 Å². The van der Waals surface area contributed by atoms with E-state index in [0.29, 0.717) is 11.8 Å². The standard InChI is InChI=1S/C16H25NO3/c1-19-10-8-17(9-11-20-2)16-5-3-4-13-12-14(18)6-7-15(13)16/h6-7,12,16,18H,3-5,8-11H2,1-2H3. The largest absolute Gasteiger partial charge is 0.508 e. The molecule has 0 aromatic heterocycles. The van der Waals surface area contributed by atoms with E-state index in [4.69, 9.17) is 9.47 Å². The van der Waals surface area contributed by atoms with Crippen molar-refractivity contribution >= 4 is 0 Å². The van der Waals surface area contributed by atoms with E-state index in [-0.39, 0.29) is 0 Å². The minimum absolute atomic E-state index is 0.365. The maximum atomic E-state index is 9.64. The first kappa shape index (κ1) is 15.3. The van der Waals surface area contributed by atoms with Gasteiger partial charge in [0, 0.05) is 33.4 Å². The molecule has 1 N–H and O–H groups in total. The van der Waals surface area contributed by atoms with Gasteiger partial charge in [0.1, 0.15) is 5.75 Å². The Morgan fingerprint density at radius 2 is 1.90 bits per heavy atom. The van der Waals surface area contributed by atoms with Gasteiger partial charge >= 0.3 is 0 Å². The van der Waals surface area contributed by atoms with Gasteiger partial charge in [-0.1, -0.05) is 6.07 Å². The van der Waals surface area contributed by atoms with E-state index in [0.717, 1.165) is 45.6 Å². The van der Waals surface area contributed by atoms with Crippen LogP contribution in [0.3, 0.4) is 0 Å². The summed E-state index contributed by atoms with van der Waals surface area (Å²) in [6, 6.07) is 6.18. The molecule has 0 radical (unpaired) electrons. The van der Waals surface area contributed by atoms with Gasteiger partial charge in [-0.3, -0.25) is 4.90 Å². The number of benzene rings is 1. The fourth-order valence-corrected chi connectivity index (χ4v) is 2.99. The van der Waals surface area contributed by atoms with Gasteiger partial charge in [0.25, 0.3) is 0 Å². The van der Waals surface area contributed by atoms with Crippen molar-refractivity contribution in [2.45, 2.75) is 25.3 Å². The zero-order valence-electron chi connectivity index (χ0n) is 12.5. The van der Waals surface area contributed by atoms with E-state index in [1.807, 2.05) is 6.07 Å². The van der Waals surface area contributed by atoms with Crippen molar-refractivity contribution in [1.82, 2.24) is 4.90 Å². The smallest absolute Gasteiger partial charge is 0.115 e. The van der Waals surface area contributed by atoms with E-state index >= 15 is 0 Å². The minimum atomic E-state index is 0.365. The zero-order valence-corrected chi connectivity index (χ0v) is 12.5. The van der Waals surface area contributed by atoms with Crippen molar-refractivity contribution in [3.8, 4) is 5.75 Å². The van der Waals surface area contributed by atoms with Crippen LogP contribution < -0.4 is 0 Å². The summed E-state index contributed by atoms with van der Waals surface area (Å²) in [7, 11) is 3.47. The monoisotopic (exact) mass is 279 g/mol. The fourth-order valence-electron chi connectivity index (χ4n) is 2.99. The molecule has 20 heavy (non-hydrogen) atoms. The summed E-state index contributed by atoms with van der Waals surface area (Å²) in [6.07, 6.45) is 3.38. The molecular weight excluding hydrogens is 254 g/mol. The van der Waals surface area contributed by atoms with E-state index in [1.54, 1.807) is 20.3 Å². The molecule has 0 aliphatic heterocycles. The van der Waals surface area contributed by atoms with Crippen LogP contribution in [0.1, 0.15) is 30.0 Å². The number of aryl methyl sites for hydroxylation is 1. The van der Waals surface area contributed by atoms with Crippen LogP contribution in [0.2, 0.25) is 0 Å². The number of methoxy groups -OCH3 is 2. The lowest BCUT2D eigenvalue weighted by atomic mass is 9.86. The van der Waals surface area contributed by atoms with Crippen LogP contribution >= 0.6 is 0 Å². The number of hydrogen-bond acceptors (Lipinski definition) is 4. The van der Waals surface area contributed by atoms with Crippen molar-refractivity contribution < 1.29 is 14.6 Å². The third kappa shape index (κ3) is 3.72. The van der Waals surface area contributed by atoms with Gasteiger partial charge in [-0.05, 0) is 42.5 Å². The Kier molecular flexibility index (Phi) is 5.83. The highest BCUT2D eigenvalue weighted by Crippen LogP contribution is 2.35. The van der Waals surface area contributed by atoms with Crippen molar-refractivity contribution in [2.75, 3.05) is 40.5 Å². The molecule has 4 nitrogen and oxygen atoms in total. The Morgan fingerprint density at radius 3 is 2.55 bits per heavy atom. The van der Waals surface area contributed by atoms with Gasteiger partial charge in [0.05, 0.1) is 13.2 Å². The maximum absolute atomic E-state index is 9.64. The second-order valence-electron chi connectivity index (χ2n) is 5.31. The molecule has 0 spiro atoms. The molecule has 4 heteroatoms. The van der Waals surface area contributed by atoms with Crippen LogP contribution in [0.5, 0.6) is 5.75 Å². The predicted molar refractivity (Wildman–Crippen MR) is 79.1 cm³/mol. The molecule has 1 atom stereocenters. The second-order valence-corrected chi connectivity index (χ2v) is 5.31. The molecule has 0 bridgehead atoms. The third-order valence-electron chi connectivity index (χ3n) is 4.02. The molecule has 1 aliphatic rings. The Hall–Kier alpha value is -1.10. The van der Waals surface area contributed by atoms with E-state index in [9.17, 15) is 5.11 Å². The Bertz CT molecular complexity index is 414. The number of ether oxygens (including phenoxy) is 2. The molecule has 1 unspecified atom stereocenters. The van der Waals surface area contributed by atoms with Gasteiger partial charge in [-0.2, -0.15) is 0 Å². The van der Waals surface area contributed by atoms with E-state index < -0.39 is 0 Å². The Morgan fingerprint density at radius 1 is 1.20 bits per heavy atom. The number of phenolic OH excluding ortho intramolecular Hbond substituents is 1. The maximum Gasteiger partial charge on any atom is 0.115 e. The second kappa shape index (κ2) is 7.62. The first-order valence-electron chi connectivity index (χ1n) is 7.30. The summed E-state index contributed by atoms with van der Waals surface area (Å²) in [5, 5.41) is 9.64. The fraction of sp³-hybridized carbons (Fsp3) is 0.625. The first-order chi connectivity index (χ1) is 9.76. The highest BCUT2D eigenvalue weighted by molar-refractivity contribution is 5.38. The summed E-state index contributed by atoms with van der Waals surface area (Å²) in [4.78, 5) is 2.43. The number of phenols is 1. The number of aromatic hydroxyl groups is 1. The van der Waals surface area contributed by atoms with Crippen LogP contribution in [-0.2, 0) is 15.9 Å². The van der Waals surface area contributed by atoms with Crippen molar-refractivity contribution in [3.05, 3.63) is 29.3 Å². The van der Waals surface area contributed by atoms with Gasteiger partial charge in [0.15, 0.2) is 0 Å². The normalized spacial score (nSPS) is 18.2. The van der Waals surface area contributed by atoms with Crippen LogP contribution in [0.25, 0.3) is 0 Å². The average Bonchev–Trinajstić information content (AvgIpc) is 2.47. The lowest BCUT2D eigenvalue weighted by Gasteiger charge is -2.35. The highest BCUT2D eigenvalue weighted by atomic mass is 16.5. The SMILES string of the molecule is COCCN(CCOC)C1CCCc2cc(O)ccc21. The lowest BCUT2D eigenvalue weighted by molar-refractivity contribution is 0.0810. The average molecular weight is 279 g/mol. The molecule has 0 saturated heterocycles. The van der Waals surface area contributed by atoms with Crippen LogP contribution in [0.4, 0.5) is 0 Å².